The number of alkyl halides is 3. The molecule has 2 aliphatic rings. The zero-order chi connectivity index (χ0) is 23.0. The molecule has 0 unspecified atom stereocenters. The highest BCUT2D eigenvalue weighted by Gasteiger charge is 2.37. The summed E-state index contributed by atoms with van der Waals surface area (Å²) in [6, 6.07) is 10.7. The Hall–Kier alpha value is -3.75. The summed E-state index contributed by atoms with van der Waals surface area (Å²) in [5.41, 5.74) is 4.06. The third-order valence-corrected chi connectivity index (χ3v) is 6.20. The van der Waals surface area contributed by atoms with Crippen molar-refractivity contribution in [3.05, 3.63) is 65.6 Å². The number of fused-ring (bicyclic) bond motifs is 4. The number of imidazole rings is 1. The lowest BCUT2D eigenvalue weighted by Gasteiger charge is -2.29. The molecule has 0 saturated carbocycles. The minimum absolute atomic E-state index is 0.201. The van der Waals surface area contributed by atoms with E-state index in [1.54, 1.807) is 10.9 Å². The molecule has 0 fully saturated rings. The van der Waals surface area contributed by atoms with Crippen LogP contribution in [0.1, 0.15) is 30.8 Å². The summed E-state index contributed by atoms with van der Waals surface area (Å²) in [7, 11) is 0. The molecule has 6 nitrogen and oxygen atoms in total. The van der Waals surface area contributed by atoms with Crippen LogP contribution in [-0.4, -0.2) is 26.5 Å². The molecule has 6 rings (SSSR count). The van der Waals surface area contributed by atoms with Gasteiger partial charge >= 0.3 is 6.18 Å². The van der Waals surface area contributed by atoms with Gasteiger partial charge in [-0.15, -0.1) is 0 Å². The molecule has 4 aromatic rings. The summed E-state index contributed by atoms with van der Waals surface area (Å²) >= 11 is 0. The van der Waals surface area contributed by atoms with Crippen molar-refractivity contribution >= 4 is 0 Å². The molecule has 9 heteroatoms. The number of aromatic amines is 1. The van der Waals surface area contributed by atoms with Crippen LogP contribution in [0.15, 0.2) is 48.7 Å². The first-order chi connectivity index (χ1) is 15.7. The minimum Gasteiger partial charge on any atom is -0.454 e. The van der Waals surface area contributed by atoms with Crippen molar-refractivity contribution in [2.24, 2.45) is 0 Å². The Morgan fingerprint density at radius 3 is 2.55 bits per heavy atom. The van der Waals surface area contributed by atoms with Gasteiger partial charge in [0.15, 0.2) is 11.5 Å². The maximum absolute atomic E-state index is 13.0. The average molecular weight is 452 g/mol. The molecule has 2 aromatic heterocycles. The highest BCUT2D eigenvalue weighted by molar-refractivity contribution is 5.74. The molecule has 3 heterocycles. The SMILES string of the molecule is CC1(C)Cc2c(cnn2-c2ccc(C(F)(F)F)cc2)-c2nc(-c3ccc4c(c3)OCO4)[nH]c21. The Balaban J connectivity index is 1.43. The van der Waals surface area contributed by atoms with Crippen molar-refractivity contribution in [1.29, 1.82) is 0 Å². The van der Waals surface area contributed by atoms with Crippen molar-refractivity contribution in [2.45, 2.75) is 31.9 Å². The lowest BCUT2D eigenvalue weighted by molar-refractivity contribution is -0.137. The number of H-pyrrole nitrogens is 1. The van der Waals surface area contributed by atoms with Crippen LogP contribution in [0, 0.1) is 0 Å². The first-order valence-electron chi connectivity index (χ1n) is 10.5. The molecule has 0 amide bonds. The van der Waals surface area contributed by atoms with E-state index in [0.717, 1.165) is 40.3 Å². The fraction of sp³-hybridized carbons (Fsp3) is 0.250. The average Bonchev–Trinajstić information content (AvgIpc) is 3.50. The smallest absolute Gasteiger partial charge is 0.416 e. The molecule has 1 aliphatic carbocycles. The number of nitrogens with one attached hydrogen (secondary N) is 1. The van der Waals surface area contributed by atoms with E-state index in [9.17, 15) is 13.2 Å². The molecular weight excluding hydrogens is 433 g/mol. The quantitative estimate of drug-likeness (QED) is 0.436. The van der Waals surface area contributed by atoms with Gasteiger partial charge in [-0.05, 0) is 42.5 Å². The van der Waals surface area contributed by atoms with E-state index in [1.807, 2.05) is 18.2 Å². The van der Waals surface area contributed by atoms with Gasteiger partial charge in [0.05, 0.1) is 28.8 Å². The number of nitrogens with zero attached hydrogens (tertiary/aromatic N) is 3. The van der Waals surface area contributed by atoms with Crippen LogP contribution in [-0.2, 0) is 18.0 Å². The van der Waals surface area contributed by atoms with Crippen LogP contribution in [0.2, 0.25) is 0 Å². The lowest BCUT2D eigenvalue weighted by Crippen LogP contribution is -2.27. The monoisotopic (exact) mass is 452 g/mol. The van der Waals surface area contributed by atoms with Crippen molar-refractivity contribution < 1.29 is 22.6 Å². The minimum atomic E-state index is -4.38. The summed E-state index contributed by atoms with van der Waals surface area (Å²) < 4.78 is 51.5. The largest absolute Gasteiger partial charge is 0.454 e. The van der Waals surface area contributed by atoms with E-state index in [2.05, 4.69) is 23.9 Å². The second-order valence-corrected chi connectivity index (χ2v) is 8.90. The number of ether oxygens (including phenoxy) is 2. The summed E-state index contributed by atoms with van der Waals surface area (Å²) in [6.07, 6.45) is -2.00. The summed E-state index contributed by atoms with van der Waals surface area (Å²) in [5.74, 6) is 2.09. The predicted octanol–water partition coefficient (Wildman–Crippen LogP) is 5.51. The van der Waals surface area contributed by atoms with Gasteiger partial charge in [0.1, 0.15) is 5.82 Å². The number of hydrogen-bond donors (Lipinski definition) is 1. The first-order valence-corrected chi connectivity index (χ1v) is 10.5. The third-order valence-electron chi connectivity index (χ3n) is 6.20. The van der Waals surface area contributed by atoms with Crippen LogP contribution in [0.25, 0.3) is 28.3 Å². The fourth-order valence-electron chi connectivity index (χ4n) is 4.50. The van der Waals surface area contributed by atoms with Gasteiger partial charge < -0.3 is 14.5 Å². The van der Waals surface area contributed by atoms with Gasteiger partial charge in [-0.1, -0.05) is 13.8 Å². The van der Waals surface area contributed by atoms with Crippen molar-refractivity contribution in [3.63, 3.8) is 0 Å². The Labute approximate surface area is 187 Å². The molecule has 0 radical (unpaired) electrons. The Morgan fingerprint density at radius 2 is 1.79 bits per heavy atom. The second-order valence-electron chi connectivity index (χ2n) is 8.90. The van der Waals surface area contributed by atoms with Crippen molar-refractivity contribution in [3.8, 4) is 39.8 Å². The molecule has 1 N–H and O–H groups in total. The van der Waals surface area contributed by atoms with Gasteiger partial charge in [0.2, 0.25) is 6.79 Å². The Bertz CT molecular complexity index is 1380. The highest BCUT2D eigenvalue weighted by atomic mass is 19.4. The number of benzene rings is 2. The van der Waals surface area contributed by atoms with Gasteiger partial charge in [-0.3, -0.25) is 0 Å². The predicted molar refractivity (Wildman–Crippen MR) is 114 cm³/mol. The maximum Gasteiger partial charge on any atom is 0.416 e. The van der Waals surface area contributed by atoms with Crippen LogP contribution in [0.4, 0.5) is 13.2 Å². The van der Waals surface area contributed by atoms with Gasteiger partial charge in [-0.25, -0.2) is 9.67 Å². The van der Waals surface area contributed by atoms with E-state index in [-0.39, 0.29) is 12.2 Å². The molecule has 2 aromatic carbocycles. The summed E-state index contributed by atoms with van der Waals surface area (Å²) in [6.45, 7) is 4.42. The van der Waals surface area contributed by atoms with Gasteiger partial charge in [-0.2, -0.15) is 18.3 Å². The molecular formula is C24H19F3N4O2. The molecule has 0 atom stereocenters. The topological polar surface area (TPSA) is 65.0 Å². The number of hydrogen-bond acceptors (Lipinski definition) is 4. The van der Waals surface area contributed by atoms with Crippen molar-refractivity contribution in [1.82, 2.24) is 19.7 Å². The maximum atomic E-state index is 13.0. The van der Waals surface area contributed by atoms with Gasteiger partial charge in [0, 0.05) is 28.7 Å². The third kappa shape index (κ3) is 3.10. The zero-order valence-electron chi connectivity index (χ0n) is 17.8. The normalized spacial score (nSPS) is 15.9. The van der Waals surface area contributed by atoms with E-state index < -0.39 is 11.7 Å². The van der Waals surface area contributed by atoms with Crippen molar-refractivity contribution in [2.75, 3.05) is 6.79 Å². The number of halogens is 3. The van der Waals surface area contributed by atoms with Crippen LogP contribution >= 0.6 is 0 Å². The number of rotatable bonds is 2. The molecule has 33 heavy (non-hydrogen) atoms. The van der Waals surface area contributed by atoms with E-state index in [0.29, 0.717) is 29.4 Å². The first kappa shape index (κ1) is 19.9. The molecule has 0 saturated heterocycles. The second kappa shape index (κ2) is 6.63. The standard InChI is InChI=1S/C24H19F3N4O2/c1-23(2)10-17-16(11-28-31(17)15-6-4-14(5-7-15)24(25,26)27)20-21(23)30-22(29-20)13-3-8-18-19(9-13)33-12-32-18/h3-9,11H,10,12H2,1-2H3,(H,29,30). The highest BCUT2D eigenvalue weighted by Crippen LogP contribution is 2.44. The lowest BCUT2D eigenvalue weighted by atomic mass is 9.77. The molecule has 0 spiro atoms. The number of aromatic nitrogens is 4. The fourth-order valence-corrected chi connectivity index (χ4v) is 4.50. The summed E-state index contributed by atoms with van der Waals surface area (Å²) in [5, 5.41) is 4.50. The summed E-state index contributed by atoms with van der Waals surface area (Å²) in [4.78, 5) is 8.36. The van der Waals surface area contributed by atoms with Gasteiger partial charge in [0.25, 0.3) is 0 Å². The van der Waals surface area contributed by atoms with Crippen LogP contribution in [0.3, 0.4) is 0 Å². The van der Waals surface area contributed by atoms with E-state index in [1.165, 1.54) is 12.1 Å². The molecule has 0 bridgehead atoms. The van der Waals surface area contributed by atoms with E-state index >= 15 is 0 Å². The zero-order valence-corrected chi connectivity index (χ0v) is 17.8. The molecule has 1 aliphatic heterocycles. The van der Waals surface area contributed by atoms with E-state index in [4.69, 9.17) is 14.5 Å². The Kier molecular flexibility index (Phi) is 4.00. The van der Waals surface area contributed by atoms with Crippen LogP contribution in [0.5, 0.6) is 11.5 Å². The Morgan fingerprint density at radius 1 is 1.03 bits per heavy atom. The molecule has 168 valence electrons. The van der Waals surface area contributed by atoms with Crippen LogP contribution < -0.4 is 9.47 Å².